The van der Waals surface area contributed by atoms with Gasteiger partial charge in [-0.2, -0.15) is 0 Å². The van der Waals surface area contributed by atoms with Gasteiger partial charge in [-0.15, -0.1) is 0 Å². The predicted molar refractivity (Wildman–Crippen MR) is 127 cm³/mol. The van der Waals surface area contributed by atoms with E-state index < -0.39 is 5.97 Å². The number of aryl methyl sites for hydroxylation is 1. The summed E-state index contributed by atoms with van der Waals surface area (Å²) in [6.45, 7) is 2.63. The fourth-order valence-electron chi connectivity index (χ4n) is 5.68. The highest BCUT2D eigenvalue weighted by Gasteiger charge is 2.42. The Morgan fingerprint density at radius 1 is 1.12 bits per heavy atom. The quantitative estimate of drug-likeness (QED) is 0.510. The molecule has 34 heavy (non-hydrogen) atoms. The summed E-state index contributed by atoms with van der Waals surface area (Å²) >= 11 is 0. The fraction of sp³-hybridized carbons (Fsp3) is 0.444. The number of hydrogen-bond donors (Lipinski definition) is 1. The zero-order valence-corrected chi connectivity index (χ0v) is 19.3. The maximum absolute atomic E-state index is 11.2. The molecule has 2 unspecified atom stereocenters. The lowest BCUT2D eigenvalue weighted by Crippen LogP contribution is -2.46. The predicted octanol–water partition coefficient (Wildman–Crippen LogP) is 5.34. The Kier molecular flexibility index (Phi) is 5.37. The number of aromatic nitrogens is 2. The lowest BCUT2D eigenvalue weighted by Gasteiger charge is -2.39. The lowest BCUT2D eigenvalue weighted by molar-refractivity contribution is 0.0146. The molecule has 2 aromatic heterocycles. The number of anilines is 1. The first-order chi connectivity index (χ1) is 16.6. The van der Waals surface area contributed by atoms with Crippen molar-refractivity contribution in [2.24, 2.45) is 0 Å². The van der Waals surface area contributed by atoms with E-state index in [1.165, 1.54) is 11.8 Å². The molecule has 3 aromatic rings. The van der Waals surface area contributed by atoms with E-state index >= 15 is 0 Å². The SMILES string of the molecule is Cc1ccccc1-c1noc(C2CC2)c1COC1CC2CC[C@@H](C1)N2c1ccc(C(=O)O)cn1. The van der Waals surface area contributed by atoms with Crippen LogP contribution in [-0.4, -0.2) is 39.4 Å². The van der Waals surface area contributed by atoms with Gasteiger partial charge in [-0.3, -0.25) is 0 Å². The summed E-state index contributed by atoms with van der Waals surface area (Å²) in [6.07, 6.45) is 8.07. The number of aromatic carboxylic acids is 1. The first-order valence-electron chi connectivity index (χ1n) is 12.2. The Morgan fingerprint density at radius 3 is 2.53 bits per heavy atom. The van der Waals surface area contributed by atoms with Crippen molar-refractivity contribution < 1.29 is 19.2 Å². The van der Waals surface area contributed by atoms with Crippen LogP contribution < -0.4 is 4.90 Å². The third-order valence-electron chi connectivity index (χ3n) is 7.58. The van der Waals surface area contributed by atoms with Gasteiger partial charge >= 0.3 is 5.97 Å². The molecule has 3 atom stereocenters. The van der Waals surface area contributed by atoms with Crippen molar-refractivity contribution in [1.29, 1.82) is 0 Å². The van der Waals surface area contributed by atoms with E-state index in [1.807, 2.05) is 18.2 Å². The number of nitrogens with zero attached hydrogens (tertiary/aromatic N) is 3. The standard InChI is InChI=1S/C27H29N3O4/c1-16-4-2-3-5-22(16)25-23(26(34-29-25)17-6-7-17)15-33-21-12-19-9-10-20(13-21)30(19)24-11-8-18(14-28-24)27(31)32/h2-5,8,11,14,17,19-21H,6-7,9-10,12-13,15H2,1H3,(H,31,32)/t19-,20?,21?/m0/s1. The van der Waals surface area contributed by atoms with E-state index in [0.29, 0.717) is 24.6 Å². The molecule has 0 radical (unpaired) electrons. The second-order valence-corrected chi connectivity index (χ2v) is 9.87. The van der Waals surface area contributed by atoms with E-state index in [1.54, 1.807) is 6.07 Å². The molecule has 7 heteroatoms. The molecule has 7 nitrogen and oxygen atoms in total. The number of carbonyl (C=O) groups is 1. The van der Waals surface area contributed by atoms with Crippen molar-refractivity contribution in [1.82, 2.24) is 10.1 Å². The smallest absolute Gasteiger partial charge is 0.337 e. The zero-order valence-electron chi connectivity index (χ0n) is 19.3. The molecule has 2 saturated heterocycles. The molecule has 176 valence electrons. The lowest BCUT2D eigenvalue weighted by atomic mass is 9.98. The molecule has 1 aromatic carbocycles. The van der Waals surface area contributed by atoms with E-state index in [4.69, 9.17) is 14.4 Å². The molecule has 1 saturated carbocycles. The number of piperidine rings is 1. The number of carboxylic acid groups (broad SMARTS) is 1. The first kappa shape index (κ1) is 21.4. The maximum atomic E-state index is 11.2. The van der Waals surface area contributed by atoms with Gasteiger partial charge in [0.15, 0.2) is 0 Å². The summed E-state index contributed by atoms with van der Waals surface area (Å²) in [7, 11) is 0. The van der Waals surface area contributed by atoms with E-state index in [9.17, 15) is 4.79 Å². The van der Waals surface area contributed by atoms with Crippen LogP contribution >= 0.6 is 0 Å². The number of benzene rings is 1. The number of carboxylic acids is 1. The molecule has 6 rings (SSSR count). The molecule has 1 N–H and O–H groups in total. The Balaban J connectivity index is 1.18. The summed E-state index contributed by atoms with van der Waals surface area (Å²) < 4.78 is 12.4. The second kappa shape index (κ2) is 8.55. The van der Waals surface area contributed by atoms with Crippen LogP contribution in [0.5, 0.6) is 0 Å². The van der Waals surface area contributed by atoms with Crippen molar-refractivity contribution in [2.45, 2.75) is 76.2 Å². The third-order valence-corrected chi connectivity index (χ3v) is 7.58. The number of pyridine rings is 1. The van der Waals surface area contributed by atoms with Gasteiger partial charge < -0.3 is 19.3 Å². The molecule has 1 aliphatic carbocycles. The third kappa shape index (κ3) is 3.88. The van der Waals surface area contributed by atoms with Crippen LogP contribution in [0.4, 0.5) is 5.82 Å². The summed E-state index contributed by atoms with van der Waals surface area (Å²) in [6, 6.07) is 12.5. The molecular weight excluding hydrogens is 430 g/mol. The molecule has 4 heterocycles. The largest absolute Gasteiger partial charge is 0.478 e. The average Bonchev–Trinajstić information content (AvgIpc) is 3.55. The summed E-state index contributed by atoms with van der Waals surface area (Å²) in [5.74, 6) is 1.40. The van der Waals surface area contributed by atoms with Gasteiger partial charge in [0, 0.05) is 35.3 Å². The molecular formula is C27H29N3O4. The Bertz CT molecular complexity index is 1190. The summed E-state index contributed by atoms with van der Waals surface area (Å²) in [5.41, 5.74) is 4.55. The minimum Gasteiger partial charge on any atom is -0.478 e. The maximum Gasteiger partial charge on any atom is 0.337 e. The number of hydrogen-bond acceptors (Lipinski definition) is 6. The van der Waals surface area contributed by atoms with E-state index in [-0.39, 0.29) is 11.7 Å². The summed E-state index contributed by atoms with van der Waals surface area (Å²) in [5, 5.41) is 13.6. The van der Waals surface area contributed by atoms with Crippen LogP contribution in [0, 0.1) is 6.92 Å². The number of rotatable bonds is 7. The molecule has 2 aliphatic heterocycles. The summed E-state index contributed by atoms with van der Waals surface area (Å²) in [4.78, 5) is 18.0. The van der Waals surface area contributed by atoms with Gasteiger partial charge in [0.25, 0.3) is 0 Å². The molecule has 2 bridgehead atoms. The van der Waals surface area contributed by atoms with Crippen molar-refractivity contribution in [2.75, 3.05) is 4.90 Å². The van der Waals surface area contributed by atoms with Crippen molar-refractivity contribution in [3.05, 3.63) is 65.0 Å². The minimum absolute atomic E-state index is 0.179. The highest BCUT2D eigenvalue weighted by atomic mass is 16.5. The zero-order chi connectivity index (χ0) is 23.2. The Labute approximate surface area is 198 Å². The average molecular weight is 460 g/mol. The Hall–Kier alpha value is -3.19. The van der Waals surface area contributed by atoms with Crippen molar-refractivity contribution in [3.63, 3.8) is 0 Å². The topological polar surface area (TPSA) is 88.7 Å². The number of fused-ring (bicyclic) bond motifs is 2. The highest BCUT2D eigenvalue weighted by molar-refractivity contribution is 5.87. The normalized spacial score (nSPS) is 23.9. The van der Waals surface area contributed by atoms with Crippen LogP contribution in [-0.2, 0) is 11.3 Å². The van der Waals surface area contributed by atoms with Crippen LogP contribution in [0.2, 0.25) is 0 Å². The fourth-order valence-corrected chi connectivity index (χ4v) is 5.68. The van der Waals surface area contributed by atoms with Crippen molar-refractivity contribution in [3.8, 4) is 11.3 Å². The van der Waals surface area contributed by atoms with Gasteiger partial charge in [-0.1, -0.05) is 29.4 Å². The van der Waals surface area contributed by atoms with Gasteiger partial charge in [-0.05, 0) is 63.1 Å². The van der Waals surface area contributed by atoms with Crippen LogP contribution in [0.1, 0.15) is 71.7 Å². The van der Waals surface area contributed by atoms with Gasteiger partial charge in [-0.25, -0.2) is 9.78 Å². The second-order valence-electron chi connectivity index (χ2n) is 9.87. The highest BCUT2D eigenvalue weighted by Crippen LogP contribution is 2.45. The minimum atomic E-state index is -0.946. The molecule has 3 aliphatic rings. The molecule has 0 amide bonds. The van der Waals surface area contributed by atoms with E-state index in [2.05, 4.69) is 34.1 Å². The monoisotopic (exact) mass is 459 g/mol. The van der Waals surface area contributed by atoms with Gasteiger partial charge in [0.2, 0.25) is 0 Å². The Morgan fingerprint density at radius 2 is 1.88 bits per heavy atom. The first-order valence-corrected chi connectivity index (χ1v) is 12.2. The van der Waals surface area contributed by atoms with Crippen LogP contribution in [0.3, 0.4) is 0 Å². The molecule has 0 spiro atoms. The molecule has 3 fully saturated rings. The van der Waals surface area contributed by atoms with E-state index in [0.717, 1.165) is 66.9 Å². The van der Waals surface area contributed by atoms with Crippen LogP contribution in [0.15, 0.2) is 47.1 Å². The van der Waals surface area contributed by atoms with Gasteiger partial charge in [0.05, 0.1) is 18.3 Å². The van der Waals surface area contributed by atoms with Gasteiger partial charge in [0.1, 0.15) is 17.3 Å². The van der Waals surface area contributed by atoms with Crippen molar-refractivity contribution >= 4 is 11.8 Å². The van der Waals surface area contributed by atoms with Crippen LogP contribution in [0.25, 0.3) is 11.3 Å². The number of ether oxygens (including phenoxy) is 1.